The Bertz CT molecular complexity index is 1200. The van der Waals surface area contributed by atoms with Gasteiger partial charge in [-0.25, -0.2) is 8.78 Å². The lowest BCUT2D eigenvalue weighted by Crippen LogP contribution is -2.54. The first-order valence-corrected chi connectivity index (χ1v) is 9.88. The van der Waals surface area contributed by atoms with E-state index in [4.69, 9.17) is 11.6 Å². The molecule has 35 heavy (non-hydrogen) atoms. The number of hydrogen-bond acceptors (Lipinski definition) is 0. The molecule has 3 aromatic carbocycles. The van der Waals surface area contributed by atoms with Crippen molar-refractivity contribution < 1.29 is 48.3 Å². The van der Waals surface area contributed by atoms with Gasteiger partial charge in [-0.2, -0.15) is 39.5 Å². The van der Waals surface area contributed by atoms with Crippen molar-refractivity contribution >= 4 is 34.7 Å². The van der Waals surface area contributed by atoms with Crippen LogP contribution in [-0.4, -0.2) is 6.71 Å². The third-order valence-corrected chi connectivity index (χ3v) is 5.35. The molecule has 3 aromatic rings. The van der Waals surface area contributed by atoms with Crippen molar-refractivity contribution in [2.45, 2.75) is 25.5 Å². The molecule has 0 unspecified atom stereocenters. The Kier molecular flexibility index (Phi) is 6.93. The standard InChI is InChI=1S/C22H11BClF11/c1-10-2-11(20(27,28)29)5-14(3-10)23(19-17(24)8-16(25)9-18(19)26)15-6-12(21(30,31)32)4-13(7-15)22(33,34)35/h2-9H,1H3. The fourth-order valence-electron chi connectivity index (χ4n) is 3.64. The van der Waals surface area contributed by atoms with Crippen LogP contribution < -0.4 is 16.4 Å². The lowest BCUT2D eigenvalue weighted by atomic mass is 9.36. The summed E-state index contributed by atoms with van der Waals surface area (Å²) in [7, 11) is 0. The largest absolute Gasteiger partial charge is 0.416 e. The van der Waals surface area contributed by atoms with Gasteiger partial charge >= 0.3 is 18.5 Å². The van der Waals surface area contributed by atoms with E-state index in [1.54, 1.807) is 0 Å². The molecule has 0 aliphatic carbocycles. The highest BCUT2D eigenvalue weighted by atomic mass is 35.5. The van der Waals surface area contributed by atoms with Crippen LogP contribution in [0.2, 0.25) is 5.02 Å². The van der Waals surface area contributed by atoms with Gasteiger partial charge in [0.15, 0.2) is 0 Å². The molecule has 0 N–H and O–H groups in total. The van der Waals surface area contributed by atoms with Crippen LogP contribution in [0.4, 0.5) is 48.3 Å². The topological polar surface area (TPSA) is 0 Å². The van der Waals surface area contributed by atoms with Gasteiger partial charge in [0, 0.05) is 11.1 Å². The zero-order chi connectivity index (χ0) is 26.5. The van der Waals surface area contributed by atoms with Gasteiger partial charge in [-0.3, -0.25) is 0 Å². The molecule has 0 aromatic heterocycles. The molecule has 0 heterocycles. The van der Waals surface area contributed by atoms with Gasteiger partial charge in [0.05, 0.1) is 16.7 Å². The maximum Gasteiger partial charge on any atom is 0.416 e. The minimum atomic E-state index is -5.28. The van der Waals surface area contributed by atoms with Crippen LogP contribution in [0.25, 0.3) is 0 Å². The van der Waals surface area contributed by atoms with Crippen molar-refractivity contribution in [1.82, 2.24) is 0 Å². The van der Waals surface area contributed by atoms with Crippen molar-refractivity contribution in [3.8, 4) is 0 Å². The second-order valence-electron chi connectivity index (χ2n) is 7.69. The summed E-state index contributed by atoms with van der Waals surface area (Å²) < 4.78 is 149. The Balaban J connectivity index is 2.45. The molecule has 0 fully saturated rings. The van der Waals surface area contributed by atoms with E-state index in [1.807, 2.05) is 0 Å². The Morgan fingerprint density at radius 3 is 1.46 bits per heavy atom. The molecule has 186 valence electrons. The fraction of sp³-hybridized carbons (Fsp3) is 0.182. The Hall–Kier alpha value is -2.76. The summed E-state index contributed by atoms with van der Waals surface area (Å²) in [5.74, 6) is -2.68. The molecule has 0 amide bonds. The summed E-state index contributed by atoms with van der Waals surface area (Å²) >= 11 is 5.91. The smallest absolute Gasteiger partial charge is 0.207 e. The average molecular weight is 531 g/mol. The summed E-state index contributed by atoms with van der Waals surface area (Å²) in [4.78, 5) is 0. The Morgan fingerprint density at radius 2 is 1.03 bits per heavy atom. The van der Waals surface area contributed by atoms with Crippen LogP contribution in [0.5, 0.6) is 0 Å². The van der Waals surface area contributed by atoms with Gasteiger partial charge in [-0.1, -0.05) is 52.4 Å². The van der Waals surface area contributed by atoms with E-state index in [-0.39, 0.29) is 29.8 Å². The lowest BCUT2D eigenvalue weighted by molar-refractivity contribution is -0.143. The summed E-state index contributed by atoms with van der Waals surface area (Å²) in [5, 5.41) is -0.742. The average Bonchev–Trinajstić information content (AvgIpc) is 2.67. The van der Waals surface area contributed by atoms with E-state index < -0.39 is 75.0 Å². The molecule has 0 spiro atoms. The van der Waals surface area contributed by atoms with Gasteiger partial charge < -0.3 is 0 Å². The molecular weight excluding hydrogens is 519 g/mol. The van der Waals surface area contributed by atoms with Crippen LogP contribution >= 0.6 is 11.6 Å². The van der Waals surface area contributed by atoms with Gasteiger partial charge in [0.1, 0.15) is 11.6 Å². The lowest BCUT2D eigenvalue weighted by Gasteiger charge is -2.22. The highest BCUT2D eigenvalue weighted by Gasteiger charge is 2.40. The van der Waals surface area contributed by atoms with Crippen molar-refractivity contribution in [2.75, 3.05) is 0 Å². The van der Waals surface area contributed by atoms with E-state index in [0.29, 0.717) is 18.2 Å². The second-order valence-corrected chi connectivity index (χ2v) is 8.09. The first kappa shape index (κ1) is 26.8. The SMILES string of the molecule is Cc1cc(B(c2cc(C(F)(F)F)cc(C(F)(F)F)c2)c2c(F)cc(F)cc2Cl)cc(C(F)(F)F)c1. The van der Waals surface area contributed by atoms with Crippen LogP contribution in [-0.2, 0) is 18.5 Å². The summed E-state index contributed by atoms with van der Waals surface area (Å²) in [6.07, 6.45) is -15.5. The van der Waals surface area contributed by atoms with Gasteiger partial charge in [0.2, 0.25) is 6.71 Å². The molecule has 13 heteroatoms. The monoisotopic (exact) mass is 530 g/mol. The van der Waals surface area contributed by atoms with E-state index in [1.165, 1.54) is 6.92 Å². The molecule has 3 rings (SSSR count). The van der Waals surface area contributed by atoms with Gasteiger partial charge in [0.25, 0.3) is 0 Å². The number of halogens is 12. The molecule has 0 saturated carbocycles. The molecule has 0 aliphatic rings. The molecule has 0 radical (unpaired) electrons. The second kappa shape index (κ2) is 9.03. The highest BCUT2D eigenvalue weighted by Crippen LogP contribution is 2.35. The van der Waals surface area contributed by atoms with Gasteiger partial charge in [-0.15, -0.1) is 0 Å². The number of aryl methyl sites for hydroxylation is 1. The molecule has 0 aliphatic heterocycles. The quantitative estimate of drug-likeness (QED) is 0.268. The molecule has 0 nitrogen and oxygen atoms in total. The molecule has 0 saturated heterocycles. The van der Waals surface area contributed by atoms with E-state index in [9.17, 15) is 48.3 Å². The third-order valence-electron chi connectivity index (χ3n) is 5.04. The van der Waals surface area contributed by atoms with Crippen molar-refractivity contribution in [1.29, 1.82) is 0 Å². The third kappa shape index (κ3) is 5.91. The molecule has 0 bridgehead atoms. The van der Waals surface area contributed by atoms with Crippen molar-refractivity contribution in [2.24, 2.45) is 0 Å². The van der Waals surface area contributed by atoms with E-state index >= 15 is 0 Å². The molecular formula is C22H11BClF11. The number of benzene rings is 3. The summed E-state index contributed by atoms with van der Waals surface area (Å²) in [6, 6.07) is 3.34. The zero-order valence-electron chi connectivity index (χ0n) is 17.2. The number of alkyl halides is 9. The number of rotatable bonds is 3. The maximum absolute atomic E-state index is 14.8. The predicted molar refractivity (Wildman–Crippen MR) is 109 cm³/mol. The van der Waals surface area contributed by atoms with Gasteiger partial charge in [-0.05, 0) is 30.6 Å². The summed E-state index contributed by atoms with van der Waals surface area (Å²) in [6.45, 7) is -0.779. The first-order chi connectivity index (χ1) is 15.9. The van der Waals surface area contributed by atoms with Crippen molar-refractivity contribution in [3.05, 3.63) is 87.4 Å². The summed E-state index contributed by atoms with van der Waals surface area (Å²) in [5.41, 5.74) is -7.03. The van der Waals surface area contributed by atoms with E-state index in [0.717, 1.165) is 6.07 Å². The highest BCUT2D eigenvalue weighted by molar-refractivity contribution is 6.96. The van der Waals surface area contributed by atoms with E-state index in [2.05, 4.69) is 0 Å². The fourth-order valence-corrected chi connectivity index (χ4v) is 3.95. The number of hydrogen-bond donors (Lipinski definition) is 0. The zero-order valence-corrected chi connectivity index (χ0v) is 18.0. The van der Waals surface area contributed by atoms with Crippen LogP contribution in [0.1, 0.15) is 22.3 Å². The van der Waals surface area contributed by atoms with Crippen LogP contribution in [0, 0.1) is 18.6 Å². The van der Waals surface area contributed by atoms with Crippen LogP contribution in [0.3, 0.4) is 0 Å². The Morgan fingerprint density at radius 1 is 0.600 bits per heavy atom. The Labute approximate surface area is 196 Å². The minimum Gasteiger partial charge on any atom is -0.207 e. The van der Waals surface area contributed by atoms with Crippen molar-refractivity contribution in [3.63, 3.8) is 0 Å². The normalized spacial score (nSPS) is 12.7. The first-order valence-electron chi connectivity index (χ1n) is 9.50. The maximum atomic E-state index is 14.8. The predicted octanol–water partition coefficient (Wildman–Crippen LogP) is 6.50. The van der Waals surface area contributed by atoms with Crippen LogP contribution in [0.15, 0.2) is 48.5 Å². The molecule has 0 atom stereocenters. The minimum absolute atomic E-state index is 0.0681.